The van der Waals surface area contributed by atoms with Gasteiger partial charge >= 0.3 is 11.8 Å². The minimum atomic E-state index is -1.86. The van der Waals surface area contributed by atoms with Crippen molar-refractivity contribution in [1.82, 2.24) is 0 Å². The number of ether oxygens (including phenoxy) is 1. The number of benzene rings is 1. The summed E-state index contributed by atoms with van der Waals surface area (Å²) < 4.78 is 11.4. The molecule has 0 unspecified atom stereocenters. The van der Waals surface area contributed by atoms with E-state index in [1.54, 1.807) is 13.0 Å². The van der Waals surface area contributed by atoms with Crippen LogP contribution in [0.4, 0.5) is 5.69 Å². The Morgan fingerprint density at radius 3 is 2.21 bits per heavy atom. The Kier molecular flexibility index (Phi) is 8.53. The third kappa shape index (κ3) is 6.62. The maximum atomic E-state index is 11.1. The van der Waals surface area contributed by atoms with Crippen LogP contribution in [0.25, 0.3) is 0 Å². The Hall–Kier alpha value is -2.02. The number of hydrogen-bond acceptors (Lipinski definition) is 6. The second-order valence-corrected chi connectivity index (χ2v) is 11.4. The molecular weight excluding hydrogens is 330 g/mol. The van der Waals surface area contributed by atoms with E-state index in [2.05, 4.69) is 33.9 Å². The SMILES string of the molecule is CCOc1ccc(CO[Si](C)(C)C(C)(C)C)cc1[N+](=O)[O-].O=C=O. The van der Waals surface area contributed by atoms with Gasteiger partial charge in [-0.05, 0) is 36.7 Å². The number of nitro benzene ring substituents is 1. The summed E-state index contributed by atoms with van der Waals surface area (Å²) in [5.74, 6) is 0.304. The molecule has 0 aliphatic rings. The van der Waals surface area contributed by atoms with Crippen molar-refractivity contribution in [3.8, 4) is 5.75 Å². The predicted molar refractivity (Wildman–Crippen MR) is 91.3 cm³/mol. The largest absolute Gasteiger partial charge is 0.487 e. The first-order chi connectivity index (χ1) is 11.0. The van der Waals surface area contributed by atoms with Gasteiger partial charge in [0.1, 0.15) is 0 Å². The van der Waals surface area contributed by atoms with E-state index < -0.39 is 13.2 Å². The maximum absolute atomic E-state index is 11.1. The summed E-state index contributed by atoms with van der Waals surface area (Å²) in [5.41, 5.74) is 0.795. The molecule has 0 aromatic heterocycles. The lowest BCUT2D eigenvalue weighted by atomic mass is 10.2. The van der Waals surface area contributed by atoms with Gasteiger partial charge in [-0.15, -0.1) is 0 Å². The molecule has 0 saturated carbocycles. The van der Waals surface area contributed by atoms with E-state index in [9.17, 15) is 10.1 Å². The van der Waals surface area contributed by atoms with Crippen molar-refractivity contribution in [1.29, 1.82) is 0 Å². The Balaban J connectivity index is 0.00000163. The average molecular weight is 355 g/mol. The predicted octanol–water partition coefficient (Wildman–Crippen LogP) is 3.93. The summed E-state index contributed by atoms with van der Waals surface area (Å²) in [6, 6.07) is 5.01. The quantitative estimate of drug-likeness (QED) is 0.436. The van der Waals surface area contributed by atoms with Crippen molar-refractivity contribution in [3.05, 3.63) is 33.9 Å². The van der Waals surface area contributed by atoms with E-state index in [4.69, 9.17) is 18.8 Å². The summed E-state index contributed by atoms with van der Waals surface area (Å²) in [4.78, 5) is 26.9. The first-order valence-electron chi connectivity index (χ1n) is 7.53. The van der Waals surface area contributed by atoms with Crippen molar-refractivity contribution in [2.75, 3.05) is 6.61 Å². The number of nitrogens with zero attached hydrogens (tertiary/aromatic N) is 1. The van der Waals surface area contributed by atoms with Crippen molar-refractivity contribution >= 4 is 20.2 Å². The van der Waals surface area contributed by atoms with Gasteiger partial charge in [-0.25, -0.2) is 0 Å². The molecule has 0 radical (unpaired) electrons. The zero-order chi connectivity index (χ0) is 19.0. The fourth-order valence-corrected chi connectivity index (χ4v) is 2.51. The van der Waals surface area contributed by atoms with Crippen LogP contribution in [0.1, 0.15) is 33.3 Å². The molecule has 1 aromatic rings. The van der Waals surface area contributed by atoms with E-state index in [0.717, 1.165) is 5.56 Å². The highest BCUT2D eigenvalue weighted by Gasteiger charge is 2.37. The van der Waals surface area contributed by atoms with Crippen molar-refractivity contribution in [2.24, 2.45) is 0 Å². The van der Waals surface area contributed by atoms with Crippen molar-refractivity contribution in [3.63, 3.8) is 0 Å². The van der Waals surface area contributed by atoms with E-state index >= 15 is 0 Å². The zero-order valence-electron chi connectivity index (χ0n) is 15.0. The van der Waals surface area contributed by atoms with Gasteiger partial charge in [0, 0.05) is 6.07 Å². The maximum Gasteiger partial charge on any atom is 0.373 e. The summed E-state index contributed by atoms with van der Waals surface area (Å²) in [6.07, 6.45) is 0.250. The molecule has 0 aliphatic heterocycles. The third-order valence-corrected chi connectivity index (χ3v) is 8.40. The molecule has 7 nitrogen and oxygen atoms in total. The Morgan fingerprint density at radius 2 is 1.79 bits per heavy atom. The van der Waals surface area contributed by atoms with Gasteiger partial charge in [-0.1, -0.05) is 26.8 Å². The van der Waals surface area contributed by atoms with Gasteiger partial charge in [-0.3, -0.25) is 10.1 Å². The molecule has 134 valence electrons. The van der Waals surface area contributed by atoms with Crippen LogP contribution in [0.2, 0.25) is 18.1 Å². The first-order valence-corrected chi connectivity index (χ1v) is 10.4. The third-order valence-electron chi connectivity index (χ3n) is 3.93. The molecule has 0 atom stereocenters. The second-order valence-electron chi connectivity index (χ2n) is 6.62. The van der Waals surface area contributed by atoms with Gasteiger partial charge in [0.2, 0.25) is 0 Å². The fourth-order valence-electron chi connectivity index (χ4n) is 1.55. The molecule has 8 heteroatoms. The minimum Gasteiger partial charge on any atom is -0.487 e. The van der Waals surface area contributed by atoms with Crippen LogP contribution < -0.4 is 4.74 Å². The standard InChI is InChI=1S/C15H25NO4Si.CO2/c1-7-19-14-9-8-12(10-13(14)16(17)18)11-20-21(5,6)15(2,3)4;2-1-3/h8-10H,7,11H2,1-6H3;. The van der Waals surface area contributed by atoms with Crippen molar-refractivity contribution < 1.29 is 23.7 Å². The molecule has 0 spiro atoms. The lowest BCUT2D eigenvalue weighted by molar-refractivity contribution is -0.385. The monoisotopic (exact) mass is 355 g/mol. The molecule has 1 aromatic carbocycles. The number of rotatable bonds is 6. The van der Waals surface area contributed by atoms with Gasteiger partial charge in [0.25, 0.3) is 0 Å². The van der Waals surface area contributed by atoms with E-state index in [1.165, 1.54) is 6.07 Å². The fraction of sp³-hybridized carbons (Fsp3) is 0.562. The smallest absolute Gasteiger partial charge is 0.373 e. The molecular formula is C16H25NO6Si. The normalized spacial score (nSPS) is 11.1. The minimum absolute atomic E-state index is 0.00631. The molecule has 0 heterocycles. The summed E-state index contributed by atoms with van der Waals surface area (Å²) in [7, 11) is -1.86. The summed E-state index contributed by atoms with van der Waals surface area (Å²) in [5, 5.41) is 11.2. The molecule has 0 fully saturated rings. The average Bonchev–Trinajstić information content (AvgIpc) is 2.46. The highest BCUT2D eigenvalue weighted by molar-refractivity contribution is 6.74. The van der Waals surface area contributed by atoms with Crippen LogP contribution in [0.5, 0.6) is 5.75 Å². The van der Waals surface area contributed by atoms with Gasteiger partial charge < -0.3 is 9.16 Å². The molecule has 0 bridgehead atoms. The van der Waals surface area contributed by atoms with Gasteiger partial charge in [0.05, 0.1) is 18.1 Å². The lowest BCUT2D eigenvalue weighted by Gasteiger charge is -2.36. The van der Waals surface area contributed by atoms with Crippen molar-refractivity contribution in [2.45, 2.75) is 52.4 Å². The summed E-state index contributed by atoms with van der Waals surface area (Å²) >= 11 is 0. The van der Waals surface area contributed by atoms with Gasteiger partial charge in [-0.2, -0.15) is 9.59 Å². The highest BCUT2D eigenvalue weighted by Crippen LogP contribution is 2.37. The zero-order valence-corrected chi connectivity index (χ0v) is 16.0. The van der Waals surface area contributed by atoms with Crippen LogP contribution in [-0.4, -0.2) is 26.0 Å². The highest BCUT2D eigenvalue weighted by atomic mass is 28.4. The van der Waals surface area contributed by atoms with Gasteiger partial charge in [0.15, 0.2) is 14.1 Å². The second kappa shape index (κ2) is 9.32. The number of carbonyl (C=O) groups excluding carboxylic acids is 2. The van der Waals surface area contributed by atoms with E-state index in [-0.39, 0.29) is 16.9 Å². The Labute approximate surface area is 143 Å². The topological polar surface area (TPSA) is 95.7 Å². The molecule has 0 amide bonds. The van der Waals surface area contributed by atoms with Crippen LogP contribution in [0.15, 0.2) is 18.2 Å². The molecule has 0 aliphatic carbocycles. The van der Waals surface area contributed by atoms with Crippen LogP contribution in [0, 0.1) is 10.1 Å². The van der Waals surface area contributed by atoms with Crippen LogP contribution in [0.3, 0.4) is 0 Å². The lowest BCUT2D eigenvalue weighted by Crippen LogP contribution is -2.40. The number of hydrogen-bond donors (Lipinski definition) is 0. The number of nitro groups is 1. The first kappa shape index (κ1) is 22.0. The Morgan fingerprint density at radius 1 is 1.25 bits per heavy atom. The summed E-state index contributed by atoms with van der Waals surface area (Å²) in [6.45, 7) is 13.4. The molecule has 0 saturated heterocycles. The molecule has 24 heavy (non-hydrogen) atoms. The Bertz CT molecular complexity index is 589. The van der Waals surface area contributed by atoms with Crippen LogP contribution in [-0.2, 0) is 20.6 Å². The molecule has 0 N–H and O–H groups in total. The van der Waals surface area contributed by atoms with Crippen LogP contribution >= 0.6 is 0 Å². The van der Waals surface area contributed by atoms with E-state index in [0.29, 0.717) is 19.0 Å². The molecule has 1 rings (SSSR count). The van der Waals surface area contributed by atoms with E-state index in [1.807, 2.05) is 6.07 Å².